The van der Waals surface area contributed by atoms with Crippen LogP contribution in [0.4, 0.5) is 17.6 Å². The summed E-state index contributed by atoms with van der Waals surface area (Å²) in [5, 5.41) is 7.51. The highest BCUT2D eigenvalue weighted by Crippen LogP contribution is 2.41. The van der Waals surface area contributed by atoms with Crippen LogP contribution in [0.1, 0.15) is 17.9 Å². The fourth-order valence-electron chi connectivity index (χ4n) is 2.14. The third-order valence-corrected chi connectivity index (χ3v) is 2.98. The summed E-state index contributed by atoms with van der Waals surface area (Å²) in [6.45, 7) is 0. The van der Waals surface area contributed by atoms with Crippen LogP contribution < -0.4 is 0 Å². The van der Waals surface area contributed by atoms with E-state index in [-0.39, 0.29) is 11.3 Å². The van der Waals surface area contributed by atoms with Crippen molar-refractivity contribution < 1.29 is 22.4 Å². The quantitative estimate of drug-likeness (QED) is 0.773. The minimum atomic E-state index is -4.65. The van der Waals surface area contributed by atoms with Gasteiger partial charge in [0, 0.05) is 12.1 Å². The summed E-state index contributed by atoms with van der Waals surface area (Å²) in [6, 6.07) is 4.80. The van der Waals surface area contributed by atoms with Gasteiger partial charge < -0.3 is 5.41 Å². The molecule has 0 saturated heterocycles. The van der Waals surface area contributed by atoms with Crippen LogP contribution in [0.25, 0.3) is 0 Å². The Kier molecular flexibility index (Phi) is 2.96. The van der Waals surface area contributed by atoms with Crippen LogP contribution in [-0.4, -0.2) is 17.7 Å². The van der Waals surface area contributed by atoms with Crippen LogP contribution in [0, 0.1) is 17.1 Å². The van der Waals surface area contributed by atoms with Crippen LogP contribution in [0.15, 0.2) is 24.3 Å². The average Bonchev–Trinajstić information content (AvgIpc) is 2.54. The molecule has 1 aromatic carbocycles. The maximum Gasteiger partial charge on any atom is 0.399 e. The van der Waals surface area contributed by atoms with E-state index in [1.807, 2.05) is 0 Å². The minimum Gasteiger partial charge on any atom is -0.309 e. The van der Waals surface area contributed by atoms with E-state index < -0.39 is 36.0 Å². The van der Waals surface area contributed by atoms with Crippen molar-refractivity contribution in [3.05, 3.63) is 35.6 Å². The first-order valence-corrected chi connectivity index (χ1v) is 5.24. The summed E-state index contributed by atoms with van der Waals surface area (Å²) in [7, 11) is 0. The molecular weight excluding hydrogens is 250 g/mol. The molecule has 96 valence electrons. The predicted molar refractivity (Wildman–Crippen MR) is 56.0 cm³/mol. The molecule has 0 bridgehead atoms. The van der Waals surface area contributed by atoms with E-state index in [0.29, 0.717) is 0 Å². The highest BCUT2D eigenvalue weighted by molar-refractivity contribution is 6.15. The lowest BCUT2D eigenvalue weighted by Gasteiger charge is -2.13. The van der Waals surface area contributed by atoms with Crippen molar-refractivity contribution in [3.8, 4) is 0 Å². The normalized spacial score (nSPS) is 24.7. The molecule has 1 aliphatic rings. The Balaban J connectivity index is 2.36. The molecule has 2 atom stereocenters. The van der Waals surface area contributed by atoms with Gasteiger partial charge in [-0.1, -0.05) is 12.1 Å². The SMILES string of the molecule is N=C1CC(C(F)(F)F)C(=O)C1c1cccc(F)c1. The van der Waals surface area contributed by atoms with Crippen LogP contribution in [0.5, 0.6) is 0 Å². The van der Waals surface area contributed by atoms with Gasteiger partial charge in [-0.05, 0) is 17.7 Å². The van der Waals surface area contributed by atoms with Crippen molar-refractivity contribution in [1.29, 1.82) is 5.41 Å². The molecule has 1 fully saturated rings. The molecule has 1 N–H and O–H groups in total. The van der Waals surface area contributed by atoms with E-state index in [1.54, 1.807) is 0 Å². The van der Waals surface area contributed by atoms with Gasteiger partial charge in [-0.15, -0.1) is 0 Å². The summed E-state index contributed by atoms with van der Waals surface area (Å²) in [4.78, 5) is 11.7. The Hall–Kier alpha value is -1.72. The first kappa shape index (κ1) is 12.7. The zero-order valence-electron chi connectivity index (χ0n) is 9.09. The standard InChI is InChI=1S/C12H9F4NO/c13-7-3-1-2-6(4-7)10-9(17)5-8(11(10)18)12(14,15)16/h1-4,8,10,17H,5H2. The number of benzene rings is 1. The van der Waals surface area contributed by atoms with Crippen LogP contribution in [0.3, 0.4) is 0 Å². The molecule has 2 nitrogen and oxygen atoms in total. The molecule has 0 aliphatic heterocycles. The molecular formula is C12H9F4NO. The van der Waals surface area contributed by atoms with Crippen LogP contribution >= 0.6 is 0 Å². The fourth-order valence-corrected chi connectivity index (χ4v) is 2.14. The molecule has 0 spiro atoms. The van der Waals surface area contributed by atoms with Crippen molar-refractivity contribution in [2.75, 3.05) is 0 Å². The van der Waals surface area contributed by atoms with Gasteiger partial charge in [-0.2, -0.15) is 13.2 Å². The molecule has 0 amide bonds. The largest absolute Gasteiger partial charge is 0.399 e. The molecule has 18 heavy (non-hydrogen) atoms. The van der Waals surface area contributed by atoms with Gasteiger partial charge in [0.15, 0.2) is 5.78 Å². The molecule has 6 heteroatoms. The number of hydrogen-bond acceptors (Lipinski definition) is 2. The highest BCUT2D eigenvalue weighted by atomic mass is 19.4. The summed E-state index contributed by atoms with van der Waals surface area (Å²) in [5.41, 5.74) is -0.204. The molecule has 0 aromatic heterocycles. The smallest absolute Gasteiger partial charge is 0.309 e. The van der Waals surface area contributed by atoms with E-state index in [2.05, 4.69) is 0 Å². The van der Waals surface area contributed by atoms with Gasteiger partial charge in [0.25, 0.3) is 0 Å². The zero-order chi connectivity index (χ0) is 13.5. The van der Waals surface area contributed by atoms with Gasteiger partial charge in [0.05, 0.1) is 5.92 Å². The van der Waals surface area contributed by atoms with Crippen molar-refractivity contribution >= 4 is 11.5 Å². The van der Waals surface area contributed by atoms with Gasteiger partial charge in [-0.3, -0.25) is 4.79 Å². The fraction of sp³-hybridized carbons (Fsp3) is 0.333. The number of Topliss-reactive ketones (excluding diaryl/α,β-unsaturated/α-hetero) is 1. The summed E-state index contributed by atoms with van der Waals surface area (Å²) in [6.07, 6.45) is -5.28. The second kappa shape index (κ2) is 4.19. The van der Waals surface area contributed by atoms with Crippen molar-refractivity contribution in [2.24, 2.45) is 5.92 Å². The Morgan fingerprint density at radius 1 is 1.28 bits per heavy atom. The van der Waals surface area contributed by atoms with Crippen molar-refractivity contribution in [1.82, 2.24) is 0 Å². The molecule has 0 heterocycles. The van der Waals surface area contributed by atoms with E-state index in [0.717, 1.165) is 12.1 Å². The third kappa shape index (κ3) is 2.14. The van der Waals surface area contributed by atoms with E-state index in [4.69, 9.17) is 5.41 Å². The number of ketones is 1. The lowest BCUT2D eigenvalue weighted by Crippen LogP contribution is -2.28. The Labute approximate surface area is 100 Å². The first-order chi connectivity index (χ1) is 8.30. The maximum absolute atomic E-state index is 13.0. The number of hydrogen-bond donors (Lipinski definition) is 1. The van der Waals surface area contributed by atoms with E-state index in [9.17, 15) is 22.4 Å². The van der Waals surface area contributed by atoms with Gasteiger partial charge in [-0.25, -0.2) is 4.39 Å². The van der Waals surface area contributed by atoms with Crippen LogP contribution in [-0.2, 0) is 4.79 Å². The maximum atomic E-state index is 13.0. The lowest BCUT2D eigenvalue weighted by atomic mass is 9.94. The lowest BCUT2D eigenvalue weighted by molar-refractivity contribution is -0.177. The summed E-state index contributed by atoms with van der Waals surface area (Å²) in [5.74, 6) is -5.12. The van der Waals surface area contributed by atoms with Crippen LogP contribution in [0.2, 0.25) is 0 Å². The Morgan fingerprint density at radius 3 is 2.44 bits per heavy atom. The second-order valence-electron chi connectivity index (χ2n) is 4.21. The Morgan fingerprint density at radius 2 is 1.94 bits per heavy atom. The highest BCUT2D eigenvalue weighted by Gasteiger charge is 2.53. The van der Waals surface area contributed by atoms with Crippen molar-refractivity contribution in [3.63, 3.8) is 0 Å². The number of carbonyl (C=O) groups excluding carboxylic acids is 1. The average molecular weight is 259 g/mol. The molecule has 2 rings (SSSR count). The summed E-state index contributed by atoms with van der Waals surface area (Å²) < 4.78 is 50.7. The Bertz CT molecular complexity index is 509. The first-order valence-electron chi connectivity index (χ1n) is 5.24. The molecule has 1 aliphatic carbocycles. The number of halogens is 4. The summed E-state index contributed by atoms with van der Waals surface area (Å²) >= 11 is 0. The number of carbonyl (C=O) groups is 1. The van der Waals surface area contributed by atoms with Crippen molar-refractivity contribution in [2.45, 2.75) is 18.5 Å². The third-order valence-electron chi connectivity index (χ3n) is 2.98. The number of rotatable bonds is 1. The zero-order valence-corrected chi connectivity index (χ0v) is 9.09. The van der Waals surface area contributed by atoms with E-state index in [1.165, 1.54) is 12.1 Å². The van der Waals surface area contributed by atoms with E-state index >= 15 is 0 Å². The second-order valence-corrected chi connectivity index (χ2v) is 4.21. The monoisotopic (exact) mass is 259 g/mol. The van der Waals surface area contributed by atoms with Gasteiger partial charge >= 0.3 is 6.18 Å². The number of alkyl halides is 3. The molecule has 1 aromatic rings. The van der Waals surface area contributed by atoms with Gasteiger partial charge in [0.1, 0.15) is 11.7 Å². The molecule has 1 saturated carbocycles. The number of nitrogens with one attached hydrogen (secondary N) is 1. The minimum absolute atomic E-state index is 0.108. The molecule has 0 radical (unpaired) electrons. The topological polar surface area (TPSA) is 40.9 Å². The molecule has 2 unspecified atom stereocenters. The van der Waals surface area contributed by atoms with Gasteiger partial charge in [0.2, 0.25) is 0 Å². The predicted octanol–water partition coefficient (Wildman–Crippen LogP) is 3.08.